The van der Waals surface area contributed by atoms with Crippen LogP contribution < -0.4 is 5.73 Å². The van der Waals surface area contributed by atoms with Crippen molar-refractivity contribution >= 4 is 12.2 Å². The zero-order chi connectivity index (χ0) is 9.97. The van der Waals surface area contributed by atoms with E-state index in [4.69, 9.17) is 22.5 Å². The van der Waals surface area contributed by atoms with Crippen LogP contribution in [0.3, 0.4) is 0 Å². The summed E-state index contributed by atoms with van der Waals surface area (Å²) in [5.41, 5.74) is 5.76. The molecule has 0 spiro atoms. The first-order valence-corrected chi connectivity index (χ1v) is 5.47. The van der Waals surface area contributed by atoms with E-state index in [9.17, 15) is 0 Å². The third-order valence-electron chi connectivity index (χ3n) is 3.03. The smallest absolute Gasteiger partial charge is 0.314 e. The maximum absolute atomic E-state index is 5.76. The summed E-state index contributed by atoms with van der Waals surface area (Å²) in [6.45, 7) is 0.614. The largest absolute Gasteiger partial charge is 0.348 e. The normalized spacial score (nSPS) is 20.1. The van der Waals surface area contributed by atoms with Gasteiger partial charge in [-0.15, -0.1) is 0 Å². The minimum absolute atomic E-state index is 0.274. The van der Waals surface area contributed by atoms with Gasteiger partial charge >= 0.3 is 4.84 Å². The Kier molecular flexibility index (Phi) is 2.98. The van der Waals surface area contributed by atoms with Crippen molar-refractivity contribution in [3.05, 3.63) is 10.7 Å². The molecule has 4 nitrogen and oxygen atoms in total. The van der Waals surface area contributed by atoms with E-state index in [1.807, 2.05) is 0 Å². The van der Waals surface area contributed by atoms with Crippen LogP contribution in [-0.4, -0.2) is 16.7 Å². The quantitative estimate of drug-likeness (QED) is 0.753. The van der Waals surface area contributed by atoms with E-state index in [1.54, 1.807) is 0 Å². The molecule has 1 aromatic rings. The minimum Gasteiger partial charge on any atom is -0.348 e. The standard InChI is InChI=1S/C9H15N3OS/c10-5-7(6-3-1-2-4-6)8-11-9(14)13-12-8/h6-7H,1-5,10H2,(H,11,12,14). The Morgan fingerprint density at radius 2 is 2.29 bits per heavy atom. The van der Waals surface area contributed by atoms with E-state index in [1.165, 1.54) is 25.7 Å². The molecule has 78 valence electrons. The highest BCUT2D eigenvalue weighted by Gasteiger charge is 2.27. The van der Waals surface area contributed by atoms with E-state index in [0.29, 0.717) is 12.5 Å². The Bertz CT molecular complexity index is 340. The van der Waals surface area contributed by atoms with E-state index in [-0.39, 0.29) is 10.8 Å². The first kappa shape index (κ1) is 9.86. The van der Waals surface area contributed by atoms with Crippen molar-refractivity contribution in [2.75, 3.05) is 6.54 Å². The highest BCUT2D eigenvalue weighted by Crippen LogP contribution is 2.35. The summed E-state index contributed by atoms with van der Waals surface area (Å²) >= 11 is 4.82. The Morgan fingerprint density at radius 3 is 2.79 bits per heavy atom. The van der Waals surface area contributed by atoms with Gasteiger partial charge in [-0.25, -0.2) is 5.16 Å². The van der Waals surface area contributed by atoms with Gasteiger partial charge in [0.1, 0.15) is 5.82 Å². The Morgan fingerprint density at radius 1 is 1.57 bits per heavy atom. The fourth-order valence-electron chi connectivity index (χ4n) is 2.29. The summed E-state index contributed by atoms with van der Waals surface area (Å²) < 4.78 is 4.93. The highest BCUT2D eigenvalue weighted by atomic mass is 32.1. The van der Waals surface area contributed by atoms with Gasteiger partial charge in [-0.05, 0) is 31.0 Å². The predicted octanol–water partition coefficient (Wildman–Crippen LogP) is 1.96. The molecule has 0 bridgehead atoms. The second-order valence-corrected chi connectivity index (χ2v) is 4.20. The highest BCUT2D eigenvalue weighted by molar-refractivity contribution is 7.71. The van der Waals surface area contributed by atoms with Crippen molar-refractivity contribution < 1.29 is 4.52 Å². The van der Waals surface area contributed by atoms with Gasteiger partial charge in [0.15, 0.2) is 0 Å². The summed E-state index contributed by atoms with van der Waals surface area (Å²) in [5, 5.41) is 2.76. The first-order valence-electron chi connectivity index (χ1n) is 5.06. The van der Waals surface area contributed by atoms with E-state index in [2.05, 4.69) is 10.1 Å². The number of hydrogen-bond acceptors (Lipinski definition) is 4. The number of hydrogen-bond donors (Lipinski definition) is 2. The number of aromatic amines is 1. The number of nitrogens with zero attached hydrogens (tertiary/aromatic N) is 1. The molecule has 1 fully saturated rings. The van der Waals surface area contributed by atoms with Crippen molar-refractivity contribution in [2.24, 2.45) is 11.7 Å². The lowest BCUT2D eigenvalue weighted by Gasteiger charge is -2.18. The van der Waals surface area contributed by atoms with Crippen LogP contribution in [-0.2, 0) is 0 Å². The molecule has 1 atom stereocenters. The maximum atomic E-state index is 5.76. The summed E-state index contributed by atoms with van der Waals surface area (Å²) in [5.74, 6) is 1.76. The molecule has 1 aliphatic carbocycles. The third kappa shape index (κ3) is 1.88. The molecule has 14 heavy (non-hydrogen) atoms. The molecule has 1 aromatic heterocycles. The summed E-state index contributed by atoms with van der Waals surface area (Å²) in [4.78, 5) is 4.41. The molecule has 0 saturated heterocycles. The van der Waals surface area contributed by atoms with Crippen LogP contribution in [0.4, 0.5) is 0 Å². The molecule has 1 heterocycles. The van der Waals surface area contributed by atoms with Gasteiger partial charge in [0.2, 0.25) is 0 Å². The number of aromatic nitrogens is 2. The summed E-state index contributed by atoms with van der Waals surface area (Å²) in [6.07, 6.45) is 5.10. The molecule has 0 radical (unpaired) electrons. The second-order valence-electron chi connectivity index (χ2n) is 3.85. The SMILES string of the molecule is NCC(c1nc(=S)o[nH]1)C1CCCC1. The van der Waals surface area contributed by atoms with Crippen molar-refractivity contribution in [3.8, 4) is 0 Å². The molecule has 1 aliphatic rings. The maximum Gasteiger partial charge on any atom is 0.314 e. The van der Waals surface area contributed by atoms with Crippen LogP contribution in [0.5, 0.6) is 0 Å². The minimum atomic E-state index is 0.274. The van der Waals surface area contributed by atoms with Gasteiger partial charge in [0.25, 0.3) is 0 Å². The molecule has 3 N–H and O–H groups in total. The van der Waals surface area contributed by atoms with E-state index >= 15 is 0 Å². The van der Waals surface area contributed by atoms with E-state index < -0.39 is 0 Å². The topological polar surface area (TPSA) is 67.8 Å². The fraction of sp³-hybridized carbons (Fsp3) is 0.778. The van der Waals surface area contributed by atoms with Gasteiger partial charge in [-0.2, -0.15) is 4.98 Å². The zero-order valence-electron chi connectivity index (χ0n) is 8.03. The van der Waals surface area contributed by atoms with Crippen LogP contribution >= 0.6 is 12.2 Å². The van der Waals surface area contributed by atoms with Gasteiger partial charge < -0.3 is 10.3 Å². The van der Waals surface area contributed by atoms with Crippen molar-refractivity contribution in [1.82, 2.24) is 10.1 Å². The molecule has 0 amide bonds. The average Bonchev–Trinajstić information content (AvgIpc) is 2.79. The molecular weight excluding hydrogens is 198 g/mol. The molecule has 1 unspecified atom stereocenters. The van der Waals surface area contributed by atoms with Crippen LogP contribution in [0.2, 0.25) is 0 Å². The molecular formula is C9H15N3OS. The first-order chi connectivity index (χ1) is 6.81. The second kappa shape index (κ2) is 4.23. The van der Waals surface area contributed by atoms with Crippen LogP contribution in [0.15, 0.2) is 4.52 Å². The average molecular weight is 213 g/mol. The third-order valence-corrected chi connectivity index (χ3v) is 3.20. The lowest BCUT2D eigenvalue weighted by Crippen LogP contribution is -2.20. The lowest BCUT2D eigenvalue weighted by molar-refractivity contribution is 0.369. The molecule has 5 heteroatoms. The zero-order valence-corrected chi connectivity index (χ0v) is 8.85. The number of nitrogens with one attached hydrogen (secondary N) is 1. The van der Waals surface area contributed by atoms with Crippen molar-refractivity contribution in [1.29, 1.82) is 0 Å². The Balaban J connectivity index is 2.16. The van der Waals surface area contributed by atoms with Crippen LogP contribution in [0, 0.1) is 10.8 Å². The number of nitrogens with two attached hydrogens (primary N) is 1. The van der Waals surface area contributed by atoms with Crippen molar-refractivity contribution in [2.45, 2.75) is 31.6 Å². The van der Waals surface area contributed by atoms with Crippen LogP contribution in [0.1, 0.15) is 37.4 Å². The molecule has 1 saturated carbocycles. The monoisotopic (exact) mass is 213 g/mol. The van der Waals surface area contributed by atoms with Gasteiger partial charge in [0.05, 0.1) is 0 Å². The van der Waals surface area contributed by atoms with Crippen molar-refractivity contribution in [3.63, 3.8) is 0 Å². The molecule has 0 aliphatic heterocycles. The summed E-state index contributed by atoms with van der Waals surface area (Å²) in [7, 11) is 0. The molecule has 2 rings (SSSR count). The van der Waals surface area contributed by atoms with Gasteiger partial charge in [-0.3, -0.25) is 0 Å². The fourth-order valence-corrected chi connectivity index (χ4v) is 2.43. The lowest BCUT2D eigenvalue weighted by atomic mass is 9.90. The number of rotatable bonds is 3. The Hall–Kier alpha value is -0.680. The van der Waals surface area contributed by atoms with Gasteiger partial charge in [0, 0.05) is 12.5 Å². The predicted molar refractivity (Wildman–Crippen MR) is 55.4 cm³/mol. The number of H-pyrrole nitrogens is 1. The van der Waals surface area contributed by atoms with Crippen LogP contribution in [0.25, 0.3) is 0 Å². The molecule has 0 aromatic carbocycles. The Labute approximate surface area is 87.9 Å². The van der Waals surface area contributed by atoms with E-state index in [0.717, 1.165) is 5.82 Å². The summed E-state index contributed by atoms with van der Waals surface area (Å²) in [6, 6.07) is 0. The van der Waals surface area contributed by atoms with Gasteiger partial charge in [-0.1, -0.05) is 12.8 Å².